The number of piperazine rings is 1. The molecule has 0 saturated carbocycles. The lowest BCUT2D eigenvalue weighted by molar-refractivity contribution is -0.134. The molecule has 0 unspecified atom stereocenters. The summed E-state index contributed by atoms with van der Waals surface area (Å²) in [7, 11) is 0. The molecule has 4 rings (SSSR count). The highest BCUT2D eigenvalue weighted by Gasteiger charge is 2.24. The molecule has 1 N–H and O–H groups in total. The van der Waals surface area contributed by atoms with Gasteiger partial charge in [0.2, 0.25) is 5.95 Å². The Morgan fingerprint density at radius 1 is 1.00 bits per heavy atom. The van der Waals surface area contributed by atoms with Crippen molar-refractivity contribution in [2.75, 3.05) is 37.7 Å². The molecular formula is C19H18N6O4. The molecule has 148 valence electrons. The third-order valence-electron chi connectivity index (χ3n) is 4.68. The maximum atomic E-state index is 12.4. The van der Waals surface area contributed by atoms with Crippen LogP contribution in [0.1, 0.15) is 10.5 Å². The van der Waals surface area contributed by atoms with Crippen molar-refractivity contribution in [3.8, 4) is 0 Å². The molecule has 10 nitrogen and oxygen atoms in total. The fourth-order valence-corrected chi connectivity index (χ4v) is 3.17. The van der Waals surface area contributed by atoms with Crippen LogP contribution in [0.25, 0.3) is 10.8 Å². The number of anilines is 1. The topological polar surface area (TPSA) is 121 Å². The molecule has 0 radical (unpaired) electrons. The third-order valence-corrected chi connectivity index (χ3v) is 4.68. The van der Waals surface area contributed by atoms with Crippen LogP contribution in [0.15, 0.2) is 47.5 Å². The van der Waals surface area contributed by atoms with E-state index in [1.54, 1.807) is 47.6 Å². The van der Waals surface area contributed by atoms with Crippen molar-refractivity contribution in [2.24, 2.45) is 0 Å². The number of fused-ring (bicyclic) bond motifs is 1. The third kappa shape index (κ3) is 3.91. The zero-order chi connectivity index (χ0) is 20.2. The predicted octanol–water partition coefficient (Wildman–Crippen LogP) is 0.219. The number of carbonyl (C=O) groups excluding carboxylic acids is 2. The second-order valence-electron chi connectivity index (χ2n) is 6.44. The number of aromatic amines is 1. The lowest BCUT2D eigenvalue weighted by Crippen LogP contribution is -2.50. The molecule has 1 aliphatic heterocycles. The number of aromatic nitrogens is 4. The standard InChI is InChI=1S/C19H18N6O4/c26-15(24-8-10-25(11-9-24)19-20-6-3-7-21-19)12-29-18(28)16-13-4-1-2-5-14(13)17(27)23-22-16/h1-7H,8-12H2,(H,23,27). The second-order valence-corrected chi connectivity index (χ2v) is 6.44. The average Bonchev–Trinajstić information content (AvgIpc) is 2.78. The van der Waals surface area contributed by atoms with Gasteiger partial charge in [-0.2, -0.15) is 5.10 Å². The van der Waals surface area contributed by atoms with Gasteiger partial charge in [0, 0.05) is 44.0 Å². The van der Waals surface area contributed by atoms with Crippen LogP contribution in [-0.4, -0.2) is 69.7 Å². The molecule has 0 spiro atoms. The predicted molar refractivity (Wildman–Crippen MR) is 103 cm³/mol. The number of hydrogen-bond donors (Lipinski definition) is 1. The molecule has 1 aliphatic rings. The molecule has 0 bridgehead atoms. The van der Waals surface area contributed by atoms with Crippen molar-refractivity contribution in [3.63, 3.8) is 0 Å². The molecule has 3 aromatic rings. The van der Waals surface area contributed by atoms with Crippen LogP contribution in [0, 0.1) is 0 Å². The normalized spacial score (nSPS) is 14.1. The van der Waals surface area contributed by atoms with E-state index in [4.69, 9.17) is 4.74 Å². The van der Waals surface area contributed by atoms with Gasteiger partial charge in [0.15, 0.2) is 12.3 Å². The number of carbonyl (C=O) groups is 2. The molecule has 29 heavy (non-hydrogen) atoms. The van der Waals surface area contributed by atoms with Crippen LogP contribution in [0.5, 0.6) is 0 Å². The Hall–Kier alpha value is -3.82. The molecule has 0 aliphatic carbocycles. The van der Waals surface area contributed by atoms with Crippen molar-refractivity contribution >= 4 is 28.6 Å². The highest BCUT2D eigenvalue weighted by Crippen LogP contribution is 2.14. The van der Waals surface area contributed by atoms with Crippen LogP contribution in [0.2, 0.25) is 0 Å². The number of nitrogens with one attached hydrogen (secondary N) is 1. The van der Waals surface area contributed by atoms with Gasteiger partial charge in [-0.3, -0.25) is 9.59 Å². The van der Waals surface area contributed by atoms with Crippen molar-refractivity contribution in [3.05, 3.63) is 58.8 Å². The highest BCUT2D eigenvalue weighted by atomic mass is 16.5. The Balaban J connectivity index is 1.35. The van der Waals surface area contributed by atoms with Gasteiger partial charge in [-0.05, 0) is 12.1 Å². The SMILES string of the molecule is O=C(OCC(=O)N1CCN(c2ncccn2)CC1)c1n[nH]c(=O)c2ccccc12. The highest BCUT2D eigenvalue weighted by molar-refractivity contribution is 6.02. The summed E-state index contributed by atoms with van der Waals surface area (Å²) >= 11 is 0. The molecule has 1 saturated heterocycles. The Labute approximate surface area is 165 Å². The van der Waals surface area contributed by atoms with E-state index in [9.17, 15) is 14.4 Å². The summed E-state index contributed by atoms with van der Waals surface area (Å²) in [5.41, 5.74) is -0.424. The van der Waals surface area contributed by atoms with Crippen LogP contribution in [-0.2, 0) is 9.53 Å². The Morgan fingerprint density at radius 3 is 2.41 bits per heavy atom. The fourth-order valence-electron chi connectivity index (χ4n) is 3.17. The van der Waals surface area contributed by atoms with Crippen LogP contribution in [0.3, 0.4) is 0 Å². The number of benzene rings is 1. The molecule has 10 heteroatoms. The van der Waals surface area contributed by atoms with E-state index in [1.165, 1.54) is 0 Å². The van der Waals surface area contributed by atoms with Crippen LogP contribution in [0.4, 0.5) is 5.95 Å². The first-order chi connectivity index (χ1) is 14.1. The average molecular weight is 394 g/mol. The van der Waals surface area contributed by atoms with E-state index < -0.39 is 18.1 Å². The minimum absolute atomic E-state index is 0.0287. The van der Waals surface area contributed by atoms with Gasteiger partial charge >= 0.3 is 5.97 Å². The molecule has 1 amide bonds. The smallest absolute Gasteiger partial charge is 0.359 e. The van der Waals surface area contributed by atoms with E-state index in [0.717, 1.165) is 0 Å². The van der Waals surface area contributed by atoms with Crippen LogP contribution < -0.4 is 10.5 Å². The first kappa shape index (κ1) is 18.5. The summed E-state index contributed by atoms with van der Waals surface area (Å²) in [6, 6.07) is 8.34. The van der Waals surface area contributed by atoms with E-state index in [-0.39, 0.29) is 11.6 Å². The fraction of sp³-hybridized carbons (Fsp3) is 0.263. The lowest BCUT2D eigenvalue weighted by atomic mass is 10.1. The maximum Gasteiger partial charge on any atom is 0.359 e. The number of esters is 1. The van der Waals surface area contributed by atoms with Crippen molar-refractivity contribution < 1.29 is 14.3 Å². The van der Waals surface area contributed by atoms with Gasteiger partial charge in [0.25, 0.3) is 11.5 Å². The lowest BCUT2D eigenvalue weighted by Gasteiger charge is -2.34. The first-order valence-electron chi connectivity index (χ1n) is 9.08. The van der Waals surface area contributed by atoms with Crippen molar-refractivity contribution in [1.82, 2.24) is 25.1 Å². The van der Waals surface area contributed by atoms with Gasteiger partial charge in [0.05, 0.1) is 5.39 Å². The van der Waals surface area contributed by atoms with Gasteiger partial charge in [-0.15, -0.1) is 0 Å². The number of ether oxygens (including phenoxy) is 1. The first-order valence-corrected chi connectivity index (χ1v) is 9.08. The molecule has 1 aromatic carbocycles. The van der Waals surface area contributed by atoms with Gasteiger partial charge in [-0.1, -0.05) is 18.2 Å². The molecule has 2 aromatic heterocycles. The van der Waals surface area contributed by atoms with Crippen molar-refractivity contribution in [2.45, 2.75) is 0 Å². The van der Waals surface area contributed by atoms with Crippen molar-refractivity contribution in [1.29, 1.82) is 0 Å². The largest absolute Gasteiger partial charge is 0.451 e. The van der Waals surface area contributed by atoms with E-state index in [0.29, 0.717) is 42.9 Å². The monoisotopic (exact) mass is 394 g/mol. The second kappa shape index (κ2) is 8.05. The summed E-state index contributed by atoms with van der Waals surface area (Å²) in [5, 5.41) is 6.77. The maximum absolute atomic E-state index is 12.4. The van der Waals surface area contributed by atoms with E-state index in [1.807, 2.05) is 4.90 Å². The van der Waals surface area contributed by atoms with Crippen LogP contribution >= 0.6 is 0 Å². The molecule has 0 atom stereocenters. The number of amides is 1. The minimum Gasteiger partial charge on any atom is -0.451 e. The number of hydrogen-bond acceptors (Lipinski definition) is 8. The zero-order valence-electron chi connectivity index (χ0n) is 15.4. The summed E-state index contributed by atoms with van der Waals surface area (Å²) in [6.07, 6.45) is 3.35. The number of H-pyrrole nitrogens is 1. The summed E-state index contributed by atoms with van der Waals surface area (Å²) in [4.78, 5) is 48.7. The minimum atomic E-state index is -0.762. The Bertz CT molecular complexity index is 1090. The Morgan fingerprint density at radius 2 is 1.69 bits per heavy atom. The van der Waals surface area contributed by atoms with E-state index in [2.05, 4.69) is 20.2 Å². The molecular weight excluding hydrogens is 376 g/mol. The summed E-state index contributed by atoms with van der Waals surface area (Å²) in [5.74, 6) is -0.426. The van der Waals surface area contributed by atoms with Gasteiger partial charge < -0.3 is 14.5 Å². The van der Waals surface area contributed by atoms with Gasteiger partial charge in [0.1, 0.15) is 0 Å². The number of rotatable bonds is 4. The Kier molecular flexibility index (Phi) is 5.14. The molecule has 1 fully saturated rings. The van der Waals surface area contributed by atoms with Gasteiger partial charge in [-0.25, -0.2) is 19.9 Å². The summed E-state index contributed by atoms with van der Waals surface area (Å²) < 4.78 is 5.15. The quantitative estimate of drug-likeness (QED) is 0.624. The summed E-state index contributed by atoms with van der Waals surface area (Å²) in [6.45, 7) is 1.75. The zero-order valence-corrected chi connectivity index (χ0v) is 15.4. The number of nitrogens with zero attached hydrogens (tertiary/aromatic N) is 5. The molecule has 3 heterocycles. The van der Waals surface area contributed by atoms with E-state index >= 15 is 0 Å².